The van der Waals surface area contributed by atoms with Gasteiger partial charge in [-0.05, 0) is 25.3 Å². The van der Waals surface area contributed by atoms with Crippen molar-refractivity contribution in [3.63, 3.8) is 0 Å². The molecule has 3 amide bonds. The van der Waals surface area contributed by atoms with Crippen molar-refractivity contribution >= 4 is 34.3 Å². The molecular weight excluding hydrogens is 412 g/mol. The van der Waals surface area contributed by atoms with E-state index in [0.29, 0.717) is 31.0 Å². The molecule has 0 bridgehead atoms. The predicted octanol–water partition coefficient (Wildman–Crippen LogP) is 1.74. The molecule has 0 aliphatic carbocycles. The van der Waals surface area contributed by atoms with Crippen molar-refractivity contribution in [2.75, 3.05) is 18.5 Å². The first-order chi connectivity index (χ1) is 15.6. The normalized spacial score (nSPS) is 19.8. The highest BCUT2D eigenvalue weighted by atomic mass is 16.5. The Hall–Kier alpha value is -3.53. The van der Waals surface area contributed by atoms with Gasteiger partial charge >= 0.3 is 0 Å². The number of para-hydroxylation sites is 1. The van der Waals surface area contributed by atoms with Crippen LogP contribution in [-0.2, 0) is 25.7 Å². The van der Waals surface area contributed by atoms with Gasteiger partial charge in [-0.3, -0.25) is 29.1 Å². The van der Waals surface area contributed by atoms with Crippen molar-refractivity contribution in [3.05, 3.63) is 42.4 Å². The van der Waals surface area contributed by atoms with Crippen LogP contribution in [0.3, 0.4) is 0 Å². The van der Waals surface area contributed by atoms with Crippen molar-refractivity contribution in [1.82, 2.24) is 24.9 Å². The quantitative estimate of drug-likeness (QED) is 0.588. The number of ether oxygens (including phenoxy) is 1. The summed E-state index contributed by atoms with van der Waals surface area (Å²) in [5, 5.41) is 15.0. The van der Waals surface area contributed by atoms with E-state index < -0.39 is 5.92 Å². The first kappa shape index (κ1) is 20.4. The van der Waals surface area contributed by atoms with Crippen LogP contribution in [0, 0.1) is 0 Å². The molecule has 0 spiro atoms. The molecule has 32 heavy (non-hydrogen) atoms. The lowest BCUT2D eigenvalue weighted by atomic mass is 9.93. The van der Waals surface area contributed by atoms with E-state index in [9.17, 15) is 14.4 Å². The van der Waals surface area contributed by atoms with Crippen LogP contribution in [0.1, 0.15) is 43.3 Å². The van der Waals surface area contributed by atoms with Gasteiger partial charge in [-0.15, -0.1) is 0 Å². The number of hydrogen-bond donors (Lipinski definition) is 2. The smallest absolute Gasteiger partial charge is 0.246 e. The Balaban J connectivity index is 1.33. The largest absolute Gasteiger partial charge is 0.381 e. The minimum absolute atomic E-state index is 0.00374. The summed E-state index contributed by atoms with van der Waals surface area (Å²) in [6.07, 6.45) is 5.96. The second kappa shape index (κ2) is 8.54. The van der Waals surface area contributed by atoms with Gasteiger partial charge in [0, 0.05) is 31.2 Å². The molecule has 2 aliphatic heterocycles. The van der Waals surface area contributed by atoms with E-state index in [2.05, 4.69) is 20.8 Å². The van der Waals surface area contributed by atoms with Crippen LogP contribution in [0.2, 0.25) is 0 Å². The number of amides is 3. The third-order valence-corrected chi connectivity index (χ3v) is 6.00. The van der Waals surface area contributed by atoms with Crippen molar-refractivity contribution in [2.24, 2.45) is 0 Å². The number of rotatable bonds is 5. The van der Waals surface area contributed by atoms with Crippen LogP contribution in [0.5, 0.6) is 0 Å². The molecule has 5 rings (SSSR count). The second-order valence-corrected chi connectivity index (χ2v) is 8.16. The molecule has 1 atom stereocenters. The van der Waals surface area contributed by atoms with E-state index in [1.807, 2.05) is 35.1 Å². The van der Waals surface area contributed by atoms with Crippen LogP contribution in [0.4, 0.5) is 5.69 Å². The van der Waals surface area contributed by atoms with Gasteiger partial charge in [0.2, 0.25) is 17.7 Å². The maximum absolute atomic E-state index is 12.8. The lowest BCUT2D eigenvalue weighted by molar-refractivity contribution is -0.134. The van der Waals surface area contributed by atoms with Crippen molar-refractivity contribution in [3.8, 4) is 0 Å². The van der Waals surface area contributed by atoms with Gasteiger partial charge in [-0.2, -0.15) is 10.2 Å². The van der Waals surface area contributed by atoms with Crippen molar-refractivity contribution in [1.29, 1.82) is 0 Å². The maximum Gasteiger partial charge on any atom is 0.246 e. The van der Waals surface area contributed by atoms with Gasteiger partial charge in [0.05, 0.1) is 35.1 Å². The molecule has 2 saturated heterocycles. The highest BCUT2D eigenvalue weighted by Gasteiger charge is 2.32. The molecule has 1 aromatic carbocycles. The molecule has 4 heterocycles. The topological polar surface area (TPSA) is 120 Å². The third-order valence-electron chi connectivity index (χ3n) is 6.00. The number of nitrogens with zero attached hydrogens (tertiary/aromatic N) is 4. The molecule has 2 aromatic heterocycles. The van der Waals surface area contributed by atoms with Gasteiger partial charge < -0.3 is 10.1 Å². The van der Waals surface area contributed by atoms with Crippen LogP contribution in [0.25, 0.3) is 10.9 Å². The van der Waals surface area contributed by atoms with Gasteiger partial charge in [-0.1, -0.05) is 18.2 Å². The van der Waals surface area contributed by atoms with E-state index in [1.165, 1.54) is 0 Å². The minimum atomic E-state index is -0.514. The van der Waals surface area contributed by atoms with E-state index in [1.54, 1.807) is 10.9 Å². The molecule has 10 heteroatoms. The monoisotopic (exact) mass is 436 g/mol. The number of carbonyl (C=O) groups is 3. The van der Waals surface area contributed by atoms with E-state index in [-0.39, 0.29) is 36.7 Å². The summed E-state index contributed by atoms with van der Waals surface area (Å²) in [6, 6.07) is 7.77. The van der Waals surface area contributed by atoms with E-state index >= 15 is 0 Å². The van der Waals surface area contributed by atoms with Crippen LogP contribution in [0.15, 0.2) is 36.7 Å². The number of nitrogens with one attached hydrogen (secondary N) is 2. The SMILES string of the molecule is O=C1CCC(c2nn(CC(=O)Nc3cnn(C4CCOCC4)c3)c3ccccc23)C(=O)N1. The first-order valence-electron chi connectivity index (χ1n) is 10.8. The zero-order valence-electron chi connectivity index (χ0n) is 17.5. The molecule has 10 nitrogen and oxygen atoms in total. The van der Waals surface area contributed by atoms with Crippen molar-refractivity contribution in [2.45, 2.75) is 44.2 Å². The number of fused-ring (bicyclic) bond motifs is 1. The standard InChI is InChI=1S/C22H24N6O4/c29-19-6-5-17(22(31)25-19)21-16-3-1-2-4-18(16)28(26-21)13-20(30)24-14-11-23-27(12-14)15-7-9-32-10-8-15/h1-4,11-12,15,17H,5-10,13H2,(H,24,30)(H,25,29,31). The zero-order valence-corrected chi connectivity index (χ0v) is 17.5. The number of imide groups is 1. The Morgan fingerprint density at radius 3 is 2.81 bits per heavy atom. The number of benzene rings is 1. The number of aromatic nitrogens is 4. The van der Waals surface area contributed by atoms with Gasteiger partial charge in [0.15, 0.2) is 0 Å². The fourth-order valence-corrected chi connectivity index (χ4v) is 4.37. The highest BCUT2D eigenvalue weighted by molar-refractivity contribution is 6.02. The molecule has 2 fully saturated rings. The summed E-state index contributed by atoms with van der Waals surface area (Å²) in [7, 11) is 0. The molecule has 3 aromatic rings. The maximum atomic E-state index is 12.8. The lowest BCUT2D eigenvalue weighted by Gasteiger charge is -2.22. The third kappa shape index (κ3) is 4.01. The van der Waals surface area contributed by atoms with Gasteiger partial charge in [-0.25, -0.2) is 0 Å². The summed E-state index contributed by atoms with van der Waals surface area (Å²) in [5.41, 5.74) is 1.98. The molecule has 166 valence electrons. The lowest BCUT2D eigenvalue weighted by Crippen LogP contribution is -2.39. The Kier molecular flexibility index (Phi) is 5.44. The molecular formula is C22H24N6O4. The average molecular weight is 436 g/mol. The van der Waals surface area contributed by atoms with Gasteiger partial charge in [0.25, 0.3) is 0 Å². The number of carbonyl (C=O) groups excluding carboxylic acids is 3. The summed E-state index contributed by atoms with van der Waals surface area (Å²) in [4.78, 5) is 36.6. The molecule has 2 aliphatic rings. The second-order valence-electron chi connectivity index (χ2n) is 8.16. The Morgan fingerprint density at radius 2 is 2.00 bits per heavy atom. The average Bonchev–Trinajstić information content (AvgIpc) is 3.40. The molecule has 0 saturated carbocycles. The number of hydrogen-bond acceptors (Lipinski definition) is 6. The summed E-state index contributed by atoms with van der Waals surface area (Å²) >= 11 is 0. The van der Waals surface area contributed by atoms with E-state index in [0.717, 1.165) is 23.7 Å². The minimum Gasteiger partial charge on any atom is -0.381 e. The molecule has 0 radical (unpaired) electrons. The zero-order chi connectivity index (χ0) is 22.1. The van der Waals surface area contributed by atoms with E-state index in [4.69, 9.17) is 4.74 Å². The number of piperidine rings is 1. The Labute approximate surface area is 183 Å². The van der Waals surface area contributed by atoms with Crippen molar-refractivity contribution < 1.29 is 19.1 Å². The van der Waals surface area contributed by atoms with Crippen LogP contribution >= 0.6 is 0 Å². The fraction of sp³-hybridized carbons (Fsp3) is 0.409. The summed E-state index contributed by atoms with van der Waals surface area (Å²) < 4.78 is 8.87. The highest BCUT2D eigenvalue weighted by Crippen LogP contribution is 2.30. The summed E-state index contributed by atoms with van der Waals surface area (Å²) in [5.74, 6) is -1.36. The summed E-state index contributed by atoms with van der Waals surface area (Å²) in [6.45, 7) is 1.43. The Bertz CT molecular complexity index is 1180. The fourth-order valence-electron chi connectivity index (χ4n) is 4.37. The van der Waals surface area contributed by atoms with Gasteiger partial charge in [0.1, 0.15) is 6.54 Å². The predicted molar refractivity (Wildman–Crippen MR) is 115 cm³/mol. The number of anilines is 1. The first-order valence-corrected chi connectivity index (χ1v) is 10.8. The van der Waals surface area contributed by atoms with Crippen LogP contribution in [-0.4, -0.2) is 50.5 Å². The van der Waals surface area contributed by atoms with Crippen LogP contribution < -0.4 is 10.6 Å². The Morgan fingerprint density at radius 1 is 1.19 bits per heavy atom. The molecule has 2 N–H and O–H groups in total. The molecule has 1 unspecified atom stereocenters.